The Hall–Kier alpha value is -2.49. The van der Waals surface area contributed by atoms with Crippen molar-refractivity contribution in [2.24, 2.45) is 0 Å². The van der Waals surface area contributed by atoms with Crippen molar-refractivity contribution in [3.8, 4) is 11.5 Å². The van der Waals surface area contributed by atoms with Crippen LogP contribution in [0.1, 0.15) is 5.56 Å². The van der Waals surface area contributed by atoms with Crippen LogP contribution in [-0.4, -0.2) is 13.5 Å². The molecule has 0 aliphatic rings. The quantitative estimate of drug-likeness (QED) is 0.809. The molecular formula is C15H15NO3. The molecule has 0 fully saturated rings. The van der Waals surface area contributed by atoms with Crippen molar-refractivity contribution in [1.82, 2.24) is 0 Å². The van der Waals surface area contributed by atoms with Crippen LogP contribution in [0.25, 0.3) is 0 Å². The van der Waals surface area contributed by atoms with E-state index < -0.39 is 0 Å². The average molecular weight is 257 g/mol. The van der Waals surface area contributed by atoms with Gasteiger partial charge in [-0.3, -0.25) is 4.79 Å². The molecule has 2 aromatic rings. The number of amides is 1. The lowest BCUT2D eigenvalue weighted by molar-refractivity contribution is -0.105. The third-order valence-corrected chi connectivity index (χ3v) is 2.64. The van der Waals surface area contributed by atoms with Crippen molar-refractivity contribution < 1.29 is 14.3 Å². The van der Waals surface area contributed by atoms with Gasteiger partial charge in [-0.05, 0) is 42.0 Å². The molecule has 1 amide bonds. The standard InChI is InChI=1S/C15H15NO3/c1-18-14-6-2-12(3-7-14)10-19-15-8-4-13(5-9-15)16-11-17/h2-9,11H,10H2,1H3,(H,16,17). The van der Waals surface area contributed by atoms with Crippen LogP contribution >= 0.6 is 0 Å². The molecule has 0 aliphatic heterocycles. The highest BCUT2D eigenvalue weighted by atomic mass is 16.5. The third kappa shape index (κ3) is 3.74. The van der Waals surface area contributed by atoms with E-state index >= 15 is 0 Å². The van der Waals surface area contributed by atoms with Gasteiger partial charge >= 0.3 is 0 Å². The summed E-state index contributed by atoms with van der Waals surface area (Å²) in [6, 6.07) is 14.9. The first-order valence-corrected chi connectivity index (χ1v) is 5.88. The van der Waals surface area contributed by atoms with Crippen LogP contribution in [0.4, 0.5) is 5.69 Å². The maximum Gasteiger partial charge on any atom is 0.211 e. The summed E-state index contributed by atoms with van der Waals surface area (Å²) in [5.74, 6) is 1.58. The summed E-state index contributed by atoms with van der Waals surface area (Å²) < 4.78 is 10.7. The summed E-state index contributed by atoms with van der Waals surface area (Å²) >= 11 is 0. The zero-order valence-corrected chi connectivity index (χ0v) is 10.6. The molecule has 19 heavy (non-hydrogen) atoms. The predicted octanol–water partition coefficient (Wildman–Crippen LogP) is 2.84. The van der Waals surface area contributed by atoms with E-state index in [-0.39, 0.29) is 0 Å². The first kappa shape index (κ1) is 13.0. The maximum absolute atomic E-state index is 10.3. The number of carbonyl (C=O) groups is 1. The van der Waals surface area contributed by atoms with E-state index in [0.29, 0.717) is 13.0 Å². The van der Waals surface area contributed by atoms with Gasteiger partial charge in [0.2, 0.25) is 6.41 Å². The SMILES string of the molecule is COc1ccc(COc2ccc(NC=O)cc2)cc1. The van der Waals surface area contributed by atoms with Gasteiger partial charge in [0, 0.05) is 5.69 Å². The van der Waals surface area contributed by atoms with Crippen LogP contribution in [0.3, 0.4) is 0 Å². The van der Waals surface area contributed by atoms with E-state index in [0.717, 1.165) is 22.7 Å². The van der Waals surface area contributed by atoms with Crippen LogP contribution in [-0.2, 0) is 11.4 Å². The predicted molar refractivity (Wildman–Crippen MR) is 73.5 cm³/mol. The largest absolute Gasteiger partial charge is 0.497 e. The van der Waals surface area contributed by atoms with Crippen molar-refractivity contribution in [2.75, 3.05) is 12.4 Å². The molecule has 98 valence electrons. The Bertz CT molecular complexity index is 520. The summed E-state index contributed by atoms with van der Waals surface area (Å²) in [5, 5.41) is 2.57. The van der Waals surface area contributed by atoms with Gasteiger partial charge in [0.05, 0.1) is 7.11 Å². The number of hydrogen-bond acceptors (Lipinski definition) is 3. The highest BCUT2D eigenvalue weighted by molar-refractivity contribution is 5.71. The van der Waals surface area contributed by atoms with Crippen LogP contribution in [0, 0.1) is 0 Å². The number of carbonyl (C=O) groups excluding carboxylic acids is 1. The minimum Gasteiger partial charge on any atom is -0.497 e. The molecule has 0 aromatic heterocycles. The van der Waals surface area contributed by atoms with E-state index in [4.69, 9.17) is 9.47 Å². The van der Waals surface area contributed by atoms with Crippen LogP contribution in [0.5, 0.6) is 11.5 Å². The molecule has 0 atom stereocenters. The molecule has 0 radical (unpaired) electrons. The van der Waals surface area contributed by atoms with E-state index in [9.17, 15) is 4.79 Å². The zero-order chi connectivity index (χ0) is 13.5. The van der Waals surface area contributed by atoms with Gasteiger partial charge in [-0.25, -0.2) is 0 Å². The fourth-order valence-corrected chi connectivity index (χ4v) is 1.60. The molecular weight excluding hydrogens is 242 g/mol. The van der Waals surface area contributed by atoms with E-state index in [2.05, 4.69) is 5.32 Å². The molecule has 2 aromatic carbocycles. The monoisotopic (exact) mass is 257 g/mol. The van der Waals surface area contributed by atoms with Crippen molar-refractivity contribution in [3.05, 3.63) is 54.1 Å². The van der Waals surface area contributed by atoms with Crippen molar-refractivity contribution in [2.45, 2.75) is 6.61 Å². The summed E-state index contributed by atoms with van der Waals surface area (Å²) in [4.78, 5) is 10.3. The second kappa shape index (κ2) is 6.44. The average Bonchev–Trinajstić information content (AvgIpc) is 2.47. The molecule has 1 N–H and O–H groups in total. The van der Waals surface area contributed by atoms with E-state index in [1.165, 1.54) is 0 Å². The molecule has 0 saturated carbocycles. The lowest BCUT2D eigenvalue weighted by Gasteiger charge is -2.07. The Morgan fingerprint density at radius 2 is 1.63 bits per heavy atom. The Morgan fingerprint density at radius 3 is 2.21 bits per heavy atom. The third-order valence-electron chi connectivity index (χ3n) is 2.64. The molecule has 4 nitrogen and oxygen atoms in total. The first-order chi connectivity index (χ1) is 9.31. The van der Waals surface area contributed by atoms with E-state index in [1.807, 2.05) is 36.4 Å². The molecule has 0 aliphatic carbocycles. The minimum absolute atomic E-state index is 0.491. The maximum atomic E-state index is 10.3. The van der Waals surface area contributed by atoms with Gasteiger partial charge in [-0.1, -0.05) is 12.1 Å². The Balaban J connectivity index is 1.91. The van der Waals surface area contributed by atoms with Gasteiger partial charge in [-0.15, -0.1) is 0 Å². The lowest BCUT2D eigenvalue weighted by atomic mass is 10.2. The molecule has 0 unspecified atom stereocenters. The summed E-state index contributed by atoms with van der Waals surface area (Å²) in [7, 11) is 1.64. The summed E-state index contributed by atoms with van der Waals surface area (Å²) in [6.45, 7) is 0.491. The number of rotatable bonds is 6. The zero-order valence-electron chi connectivity index (χ0n) is 10.6. The van der Waals surface area contributed by atoms with Gasteiger partial charge < -0.3 is 14.8 Å². The number of ether oxygens (including phenoxy) is 2. The number of anilines is 1. The minimum atomic E-state index is 0.491. The van der Waals surface area contributed by atoms with Crippen LogP contribution in [0.2, 0.25) is 0 Å². The Kier molecular flexibility index (Phi) is 4.39. The molecule has 0 bridgehead atoms. The second-order valence-electron chi connectivity index (χ2n) is 3.92. The summed E-state index contributed by atoms with van der Waals surface area (Å²) in [6.07, 6.45) is 0.646. The number of nitrogens with one attached hydrogen (secondary N) is 1. The normalized spacial score (nSPS) is 9.74. The topological polar surface area (TPSA) is 47.6 Å². The highest BCUT2D eigenvalue weighted by Crippen LogP contribution is 2.17. The van der Waals surface area contributed by atoms with Crippen molar-refractivity contribution in [1.29, 1.82) is 0 Å². The smallest absolute Gasteiger partial charge is 0.211 e. The first-order valence-electron chi connectivity index (χ1n) is 5.88. The fourth-order valence-electron chi connectivity index (χ4n) is 1.60. The highest BCUT2D eigenvalue weighted by Gasteiger charge is 1.97. The van der Waals surface area contributed by atoms with Crippen molar-refractivity contribution in [3.63, 3.8) is 0 Å². The number of benzene rings is 2. The summed E-state index contributed by atoms with van der Waals surface area (Å²) in [5.41, 5.74) is 1.81. The molecule has 0 spiro atoms. The van der Waals surface area contributed by atoms with Crippen LogP contribution in [0.15, 0.2) is 48.5 Å². The molecule has 0 saturated heterocycles. The fraction of sp³-hybridized carbons (Fsp3) is 0.133. The number of methoxy groups -OCH3 is 1. The van der Waals surface area contributed by atoms with Gasteiger partial charge in [0.15, 0.2) is 0 Å². The second-order valence-corrected chi connectivity index (χ2v) is 3.92. The van der Waals surface area contributed by atoms with Crippen LogP contribution < -0.4 is 14.8 Å². The van der Waals surface area contributed by atoms with Gasteiger partial charge in [-0.2, -0.15) is 0 Å². The lowest BCUT2D eigenvalue weighted by Crippen LogP contribution is -1.96. The number of hydrogen-bond donors (Lipinski definition) is 1. The van der Waals surface area contributed by atoms with E-state index in [1.54, 1.807) is 19.2 Å². The Labute approximate surface area is 112 Å². The molecule has 4 heteroatoms. The Morgan fingerprint density at radius 1 is 1.00 bits per heavy atom. The van der Waals surface area contributed by atoms with Crippen molar-refractivity contribution >= 4 is 12.1 Å². The molecule has 0 heterocycles. The van der Waals surface area contributed by atoms with Gasteiger partial charge in [0.25, 0.3) is 0 Å². The molecule has 2 rings (SSSR count). The van der Waals surface area contributed by atoms with Gasteiger partial charge in [0.1, 0.15) is 18.1 Å².